The van der Waals surface area contributed by atoms with Crippen LogP contribution in [0.25, 0.3) is 11.4 Å². The van der Waals surface area contributed by atoms with Crippen molar-refractivity contribution in [2.75, 3.05) is 17.3 Å². The number of phenols is 1. The summed E-state index contributed by atoms with van der Waals surface area (Å²) in [6.07, 6.45) is 3.04. The predicted octanol–water partition coefficient (Wildman–Crippen LogP) is 3.90. The molecule has 8 heteroatoms. The molecule has 1 fully saturated rings. The number of ether oxygens (including phenoxy) is 1. The highest BCUT2D eigenvalue weighted by atomic mass is 32.2. The van der Waals surface area contributed by atoms with Crippen LogP contribution in [0, 0.1) is 0 Å². The van der Waals surface area contributed by atoms with Gasteiger partial charge >= 0.3 is 0 Å². The zero-order chi connectivity index (χ0) is 22.1. The molecule has 32 heavy (non-hydrogen) atoms. The minimum Gasteiger partial charge on any atom is -0.508 e. The van der Waals surface area contributed by atoms with Crippen LogP contribution in [0.4, 0.5) is 5.69 Å². The second kappa shape index (κ2) is 8.96. The highest BCUT2D eigenvalue weighted by Crippen LogP contribution is 2.33. The fourth-order valence-corrected chi connectivity index (χ4v) is 5.32. The van der Waals surface area contributed by atoms with Gasteiger partial charge in [-0.25, -0.2) is 0 Å². The Bertz CT molecular complexity index is 1110. The third-order valence-corrected chi connectivity index (χ3v) is 7.00. The van der Waals surface area contributed by atoms with E-state index in [2.05, 4.69) is 23.2 Å². The van der Waals surface area contributed by atoms with Crippen molar-refractivity contribution in [1.29, 1.82) is 0 Å². The molecule has 1 aromatic heterocycles. The van der Waals surface area contributed by atoms with Gasteiger partial charge in [-0.2, -0.15) is 0 Å². The number of carbonyl (C=O) groups excluding carboxylic acids is 1. The van der Waals surface area contributed by atoms with E-state index >= 15 is 0 Å². The van der Waals surface area contributed by atoms with Crippen molar-refractivity contribution in [3.63, 3.8) is 0 Å². The molecule has 2 aliphatic rings. The normalized spacial score (nSPS) is 20.0. The smallest absolute Gasteiger partial charge is 0.237 e. The number of carbonyl (C=O) groups is 1. The van der Waals surface area contributed by atoms with E-state index < -0.39 is 0 Å². The van der Waals surface area contributed by atoms with Gasteiger partial charge in [-0.3, -0.25) is 9.36 Å². The summed E-state index contributed by atoms with van der Waals surface area (Å²) in [5.74, 6) is 1.29. The first-order valence-corrected chi connectivity index (χ1v) is 12.0. The van der Waals surface area contributed by atoms with Crippen molar-refractivity contribution in [3.05, 3.63) is 54.1 Å². The maximum Gasteiger partial charge on any atom is 0.237 e. The number of phenolic OH excluding ortho intramolecular Hbond substituents is 1. The molecule has 2 aromatic carbocycles. The maximum absolute atomic E-state index is 13.2. The van der Waals surface area contributed by atoms with E-state index in [1.807, 2.05) is 39.8 Å². The van der Waals surface area contributed by atoms with E-state index in [-0.39, 0.29) is 29.6 Å². The number of rotatable bonds is 6. The minimum absolute atomic E-state index is 0.0744. The highest BCUT2D eigenvalue weighted by molar-refractivity contribution is 7.99. The number of aromatic nitrogens is 3. The Morgan fingerprint density at radius 1 is 1.19 bits per heavy atom. The molecule has 1 saturated heterocycles. The van der Waals surface area contributed by atoms with Gasteiger partial charge in [0.2, 0.25) is 5.91 Å². The van der Waals surface area contributed by atoms with E-state index in [4.69, 9.17) is 4.74 Å². The van der Waals surface area contributed by atoms with Crippen LogP contribution in [0.3, 0.4) is 0 Å². The summed E-state index contributed by atoms with van der Waals surface area (Å²) >= 11 is 1.41. The molecule has 0 bridgehead atoms. The Balaban J connectivity index is 1.37. The summed E-state index contributed by atoms with van der Waals surface area (Å²) in [5, 5.41) is 19.2. The minimum atomic E-state index is 0.0744. The van der Waals surface area contributed by atoms with Crippen LogP contribution in [-0.2, 0) is 22.5 Å². The van der Waals surface area contributed by atoms with Crippen LogP contribution < -0.4 is 4.90 Å². The lowest BCUT2D eigenvalue weighted by atomic mass is 10.1. The first kappa shape index (κ1) is 21.0. The first-order valence-electron chi connectivity index (χ1n) is 11.0. The maximum atomic E-state index is 13.2. The molecule has 0 unspecified atom stereocenters. The van der Waals surface area contributed by atoms with E-state index in [1.54, 1.807) is 12.1 Å². The average Bonchev–Trinajstić information content (AvgIpc) is 3.52. The number of nitrogens with zero attached hydrogens (tertiary/aromatic N) is 4. The Morgan fingerprint density at radius 3 is 2.78 bits per heavy atom. The summed E-state index contributed by atoms with van der Waals surface area (Å²) in [4.78, 5) is 15.1. The summed E-state index contributed by atoms with van der Waals surface area (Å²) < 4.78 is 7.89. The predicted molar refractivity (Wildman–Crippen MR) is 124 cm³/mol. The Labute approximate surface area is 191 Å². The molecule has 2 atom stereocenters. The Morgan fingerprint density at radius 2 is 2.00 bits per heavy atom. The van der Waals surface area contributed by atoms with Crippen molar-refractivity contribution in [2.45, 2.75) is 50.0 Å². The molecule has 0 aliphatic carbocycles. The lowest BCUT2D eigenvalue weighted by Crippen LogP contribution is -2.37. The molecule has 5 rings (SSSR count). The zero-order valence-electron chi connectivity index (χ0n) is 18.0. The van der Waals surface area contributed by atoms with Crippen molar-refractivity contribution in [2.24, 2.45) is 0 Å². The largest absolute Gasteiger partial charge is 0.508 e. The van der Waals surface area contributed by atoms with Crippen molar-refractivity contribution >= 4 is 23.4 Å². The van der Waals surface area contributed by atoms with Crippen molar-refractivity contribution in [1.82, 2.24) is 14.8 Å². The number of amides is 1. The molecule has 3 heterocycles. The second-order valence-corrected chi connectivity index (χ2v) is 9.28. The van der Waals surface area contributed by atoms with Crippen molar-refractivity contribution < 1.29 is 14.6 Å². The molecule has 166 valence electrons. The number of fused-ring (bicyclic) bond motifs is 1. The van der Waals surface area contributed by atoms with Crippen LogP contribution in [0.15, 0.2) is 53.7 Å². The van der Waals surface area contributed by atoms with Gasteiger partial charge in [-0.15, -0.1) is 10.2 Å². The molecule has 0 spiro atoms. The van der Waals surface area contributed by atoms with E-state index in [0.717, 1.165) is 42.9 Å². The molecule has 1 amide bonds. The molecular formula is C24H26N4O3S. The van der Waals surface area contributed by atoms with Crippen LogP contribution in [0.5, 0.6) is 5.75 Å². The van der Waals surface area contributed by atoms with Gasteiger partial charge in [0.1, 0.15) is 5.75 Å². The number of aromatic hydroxyl groups is 1. The summed E-state index contributed by atoms with van der Waals surface area (Å²) in [6.45, 7) is 3.50. The van der Waals surface area contributed by atoms with E-state index in [9.17, 15) is 9.90 Å². The lowest BCUT2D eigenvalue weighted by molar-refractivity contribution is -0.116. The van der Waals surface area contributed by atoms with Crippen LogP contribution in [-0.4, -0.2) is 50.3 Å². The van der Waals surface area contributed by atoms with Gasteiger partial charge in [0.05, 0.1) is 18.4 Å². The molecule has 0 radical (unpaired) electrons. The number of benzene rings is 2. The average molecular weight is 451 g/mol. The number of thioether (sulfide) groups is 1. The summed E-state index contributed by atoms with van der Waals surface area (Å²) in [6, 6.07) is 15.2. The monoisotopic (exact) mass is 450 g/mol. The van der Waals surface area contributed by atoms with Crippen LogP contribution in [0.1, 0.15) is 25.3 Å². The quantitative estimate of drug-likeness (QED) is 0.574. The van der Waals surface area contributed by atoms with Crippen LogP contribution in [0.2, 0.25) is 0 Å². The molecule has 0 saturated carbocycles. The molecular weight excluding hydrogens is 424 g/mol. The SMILES string of the molecule is C[C@@H]1Cc2ccccc2N1C(=O)CSc1nnc(-c2ccc(O)cc2)n1C[C@H]1CCCO1. The second-order valence-electron chi connectivity index (χ2n) is 8.33. The Hall–Kier alpha value is -2.84. The van der Waals surface area contributed by atoms with E-state index in [0.29, 0.717) is 11.7 Å². The van der Waals surface area contributed by atoms with Crippen molar-refractivity contribution in [3.8, 4) is 17.1 Å². The van der Waals surface area contributed by atoms with Gasteiger partial charge in [0.15, 0.2) is 11.0 Å². The number of hydrogen-bond acceptors (Lipinski definition) is 6. The fourth-order valence-electron chi connectivity index (χ4n) is 4.52. The van der Waals surface area contributed by atoms with Gasteiger partial charge < -0.3 is 14.7 Å². The fraction of sp³-hybridized carbons (Fsp3) is 0.375. The van der Waals surface area contributed by atoms with Gasteiger partial charge in [0, 0.05) is 23.9 Å². The molecule has 2 aliphatic heterocycles. The summed E-state index contributed by atoms with van der Waals surface area (Å²) in [5.41, 5.74) is 3.10. The molecule has 1 N–H and O–H groups in total. The first-order chi connectivity index (χ1) is 15.6. The number of para-hydroxylation sites is 1. The van der Waals surface area contributed by atoms with Gasteiger partial charge in [-0.1, -0.05) is 30.0 Å². The summed E-state index contributed by atoms with van der Waals surface area (Å²) in [7, 11) is 0. The number of hydrogen-bond donors (Lipinski definition) is 1. The van der Waals surface area contributed by atoms with Crippen LogP contribution >= 0.6 is 11.8 Å². The lowest BCUT2D eigenvalue weighted by Gasteiger charge is -2.22. The third-order valence-electron chi connectivity index (χ3n) is 6.05. The molecule has 7 nitrogen and oxygen atoms in total. The molecule has 3 aromatic rings. The van der Waals surface area contributed by atoms with Gasteiger partial charge in [0.25, 0.3) is 0 Å². The standard InChI is InChI=1S/C24H26N4O3S/c1-16-13-18-5-2-3-7-21(18)28(16)22(30)15-32-24-26-25-23(17-8-10-19(29)11-9-17)27(24)14-20-6-4-12-31-20/h2-3,5,7-11,16,20,29H,4,6,12-15H2,1H3/t16-,20-/m1/s1. The van der Waals surface area contributed by atoms with Gasteiger partial charge in [-0.05, 0) is 62.1 Å². The van der Waals surface area contributed by atoms with E-state index in [1.165, 1.54) is 17.3 Å². The Kier molecular flexibility index (Phi) is 5.89. The zero-order valence-corrected chi connectivity index (χ0v) is 18.8. The number of anilines is 1. The highest BCUT2D eigenvalue weighted by Gasteiger charge is 2.31. The topological polar surface area (TPSA) is 80.5 Å². The third kappa shape index (κ3) is 4.12.